The number of hydrogen-bond donors (Lipinski definition) is 2. The lowest BCUT2D eigenvalue weighted by atomic mass is 9.92. The predicted octanol–water partition coefficient (Wildman–Crippen LogP) is 5.74. The van der Waals surface area contributed by atoms with Crippen LogP contribution in [0, 0.1) is 13.8 Å². The molecular formula is C26H24ClN3O3. The van der Waals surface area contributed by atoms with E-state index in [4.69, 9.17) is 11.6 Å². The molecule has 7 heteroatoms. The molecule has 0 radical (unpaired) electrons. The van der Waals surface area contributed by atoms with Crippen LogP contribution in [0.15, 0.2) is 59.4 Å². The fourth-order valence-corrected chi connectivity index (χ4v) is 4.57. The second-order valence-electron chi connectivity index (χ2n) is 8.18. The second-order valence-corrected chi connectivity index (χ2v) is 8.57. The molecule has 0 fully saturated rings. The summed E-state index contributed by atoms with van der Waals surface area (Å²) in [5.74, 6) is -1.17. The maximum Gasteiger partial charge on any atom is 0.356 e. The molecule has 0 bridgehead atoms. The Bertz CT molecular complexity index is 1450. The standard InChI is InChI=1S/C26H24ClN3O3/c1-14-12-18(16(3)28-20-10-11-21(27)29-23(20)26(32)33)22-15(2)24(17-8-6-5-7-9-17)30(4)25(31)19(22)13-14/h5-13,16,28H,1-4H3,(H,32,33)/t16-/m0/s1. The predicted molar refractivity (Wildman–Crippen MR) is 132 cm³/mol. The van der Waals surface area contributed by atoms with Crippen LogP contribution in [0.3, 0.4) is 0 Å². The van der Waals surface area contributed by atoms with Gasteiger partial charge >= 0.3 is 5.97 Å². The van der Waals surface area contributed by atoms with Gasteiger partial charge in [-0.1, -0.05) is 48.0 Å². The van der Waals surface area contributed by atoms with Gasteiger partial charge < -0.3 is 15.0 Å². The number of pyridine rings is 2. The maximum atomic E-state index is 13.4. The molecule has 0 spiro atoms. The van der Waals surface area contributed by atoms with Gasteiger partial charge in [-0.15, -0.1) is 0 Å². The molecule has 2 aromatic heterocycles. The van der Waals surface area contributed by atoms with E-state index in [0.717, 1.165) is 33.3 Å². The van der Waals surface area contributed by atoms with Crippen molar-refractivity contribution in [1.29, 1.82) is 0 Å². The number of aromatic nitrogens is 2. The molecule has 0 aliphatic heterocycles. The molecule has 2 aromatic carbocycles. The normalized spacial score (nSPS) is 12.0. The highest BCUT2D eigenvalue weighted by Gasteiger charge is 2.21. The van der Waals surface area contributed by atoms with E-state index in [-0.39, 0.29) is 22.4 Å². The van der Waals surface area contributed by atoms with E-state index >= 15 is 0 Å². The van der Waals surface area contributed by atoms with Crippen LogP contribution in [-0.4, -0.2) is 20.6 Å². The minimum absolute atomic E-state index is 0.0778. The van der Waals surface area contributed by atoms with Crippen LogP contribution in [0.2, 0.25) is 5.15 Å². The Labute approximate surface area is 196 Å². The van der Waals surface area contributed by atoms with Crippen molar-refractivity contribution in [3.63, 3.8) is 0 Å². The molecule has 2 N–H and O–H groups in total. The highest BCUT2D eigenvalue weighted by atomic mass is 35.5. The van der Waals surface area contributed by atoms with E-state index in [2.05, 4.69) is 10.3 Å². The summed E-state index contributed by atoms with van der Waals surface area (Å²) in [7, 11) is 1.79. The number of carboxylic acid groups (broad SMARTS) is 1. The Morgan fingerprint density at radius 3 is 2.48 bits per heavy atom. The van der Waals surface area contributed by atoms with Crippen molar-refractivity contribution in [2.24, 2.45) is 7.05 Å². The first-order valence-corrected chi connectivity index (χ1v) is 10.9. The van der Waals surface area contributed by atoms with Crippen LogP contribution in [0.5, 0.6) is 0 Å². The highest BCUT2D eigenvalue weighted by Crippen LogP contribution is 2.34. The lowest BCUT2D eigenvalue weighted by molar-refractivity contribution is 0.0691. The lowest BCUT2D eigenvalue weighted by Crippen LogP contribution is -2.22. The number of nitrogens with one attached hydrogen (secondary N) is 1. The Kier molecular flexibility index (Phi) is 5.95. The number of halogens is 1. The molecule has 2 heterocycles. The van der Waals surface area contributed by atoms with Crippen LogP contribution >= 0.6 is 11.6 Å². The zero-order valence-electron chi connectivity index (χ0n) is 18.8. The molecule has 33 heavy (non-hydrogen) atoms. The quantitative estimate of drug-likeness (QED) is 0.370. The first kappa shape index (κ1) is 22.6. The number of nitrogens with zero attached hydrogens (tertiary/aromatic N) is 2. The lowest BCUT2D eigenvalue weighted by Gasteiger charge is -2.23. The molecule has 4 rings (SSSR count). The molecule has 6 nitrogen and oxygen atoms in total. The smallest absolute Gasteiger partial charge is 0.356 e. The molecule has 0 aliphatic carbocycles. The van der Waals surface area contributed by atoms with E-state index in [1.807, 2.05) is 63.2 Å². The summed E-state index contributed by atoms with van der Waals surface area (Å²) >= 11 is 5.90. The fourth-order valence-electron chi connectivity index (χ4n) is 4.43. The molecule has 1 atom stereocenters. The van der Waals surface area contributed by atoms with Crippen LogP contribution in [0.1, 0.15) is 40.1 Å². The molecule has 0 unspecified atom stereocenters. The maximum absolute atomic E-state index is 13.4. The summed E-state index contributed by atoms with van der Waals surface area (Å²) in [6, 6.07) is 16.6. The number of aryl methyl sites for hydroxylation is 2. The number of fused-ring (bicyclic) bond motifs is 1. The number of benzene rings is 2. The van der Waals surface area contributed by atoms with E-state index in [9.17, 15) is 14.7 Å². The Morgan fingerprint density at radius 2 is 1.82 bits per heavy atom. The highest BCUT2D eigenvalue weighted by molar-refractivity contribution is 6.29. The van der Waals surface area contributed by atoms with Crippen molar-refractivity contribution in [3.05, 3.63) is 92.5 Å². The average molecular weight is 462 g/mol. The SMILES string of the molecule is Cc1cc([C@H](C)Nc2ccc(Cl)nc2C(=O)O)c2c(C)c(-c3ccccc3)n(C)c(=O)c2c1. The molecular weight excluding hydrogens is 438 g/mol. The Hall–Kier alpha value is -3.64. The van der Waals surface area contributed by atoms with Gasteiger partial charge in [-0.3, -0.25) is 4.79 Å². The summed E-state index contributed by atoms with van der Waals surface area (Å²) in [5, 5.41) is 14.4. The van der Waals surface area contributed by atoms with Crippen LogP contribution in [0.4, 0.5) is 5.69 Å². The largest absolute Gasteiger partial charge is 0.476 e. The number of hydrogen-bond acceptors (Lipinski definition) is 4. The summed E-state index contributed by atoms with van der Waals surface area (Å²) in [4.78, 5) is 29.0. The third-order valence-corrected chi connectivity index (χ3v) is 6.07. The zero-order valence-corrected chi connectivity index (χ0v) is 19.6. The van der Waals surface area contributed by atoms with Gasteiger partial charge in [0.25, 0.3) is 5.56 Å². The first-order chi connectivity index (χ1) is 15.7. The summed E-state index contributed by atoms with van der Waals surface area (Å²) < 4.78 is 1.69. The first-order valence-electron chi connectivity index (χ1n) is 10.5. The van der Waals surface area contributed by atoms with Crippen molar-refractivity contribution in [2.75, 3.05) is 5.32 Å². The van der Waals surface area contributed by atoms with Crippen LogP contribution in [0.25, 0.3) is 22.0 Å². The van der Waals surface area contributed by atoms with E-state index < -0.39 is 5.97 Å². The summed E-state index contributed by atoms with van der Waals surface area (Å²) in [6.45, 7) is 5.90. The summed E-state index contributed by atoms with van der Waals surface area (Å²) in [5.41, 5.74) is 4.78. The van der Waals surface area contributed by atoms with E-state index in [1.54, 1.807) is 23.7 Å². The fraction of sp³-hybridized carbons (Fsp3) is 0.192. The van der Waals surface area contributed by atoms with Crippen molar-refractivity contribution in [1.82, 2.24) is 9.55 Å². The molecule has 0 saturated heterocycles. The van der Waals surface area contributed by atoms with E-state index in [1.165, 1.54) is 0 Å². The zero-order chi connectivity index (χ0) is 23.9. The van der Waals surface area contributed by atoms with Crippen molar-refractivity contribution >= 4 is 34.0 Å². The molecule has 0 aliphatic rings. The summed E-state index contributed by atoms with van der Waals surface area (Å²) in [6.07, 6.45) is 0. The van der Waals surface area contributed by atoms with Crippen molar-refractivity contribution in [2.45, 2.75) is 26.8 Å². The third-order valence-electron chi connectivity index (χ3n) is 5.86. The van der Waals surface area contributed by atoms with E-state index in [0.29, 0.717) is 11.1 Å². The number of anilines is 1. The van der Waals surface area contributed by atoms with Gasteiger partial charge in [0, 0.05) is 18.5 Å². The molecule has 0 amide bonds. The average Bonchev–Trinajstić information content (AvgIpc) is 2.78. The van der Waals surface area contributed by atoms with Gasteiger partial charge in [-0.25, -0.2) is 9.78 Å². The third kappa shape index (κ3) is 4.10. The van der Waals surface area contributed by atoms with Gasteiger partial charge in [0.05, 0.1) is 11.4 Å². The Morgan fingerprint density at radius 1 is 1.12 bits per heavy atom. The van der Waals surface area contributed by atoms with Gasteiger partial charge in [-0.2, -0.15) is 0 Å². The monoisotopic (exact) mass is 461 g/mol. The van der Waals surface area contributed by atoms with Crippen LogP contribution < -0.4 is 10.9 Å². The molecule has 4 aromatic rings. The van der Waals surface area contributed by atoms with Gasteiger partial charge in [-0.05, 0) is 66.6 Å². The number of rotatable bonds is 5. The van der Waals surface area contributed by atoms with Crippen molar-refractivity contribution < 1.29 is 9.90 Å². The topological polar surface area (TPSA) is 84.2 Å². The Balaban J connectivity index is 1.94. The second kappa shape index (κ2) is 8.71. The minimum Gasteiger partial charge on any atom is -0.476 e. The minimum atomic E-state index is -1.17. The molecule has 0 saturated carbocycles. The number of carboxylic acids is 1. The van der Waals surface area contributed by atoms with Gasteiger partial charge in [0.2, 0.25) is 0 Å². The molecule has 168 valence electrons. The van der Waals surface area contributed by atoms with Crippen LogP contribution in [-0.2, 0) is 7.05 Å². The van der Waals surface area contributed by atoms with Gasteiger partial charge in [0.15, 0.2) is 5.69 Å². The van der Waals surface area contributed by atoms with Crippen molar-refractivity contribution in [3.8, 4) is 11.3 Å². The van der Waals surface area contributed by atoms with Gasteiger partial charge in [0.1, 0.15) is 5.15 Å². The number of aromatic carboxylic acids is 1. The number of carbonyl (C=O) groups is 1.